The summed E-state index contributed by atoms with van der Waals surface area (Å²) < 4.78 is 79.5. The molecule has 1 aliphatic carbocycles. The SMILES string of the molecule is CN(C)[C@H]1C[C@@H](c2cccc(CC(F)(F)F)c2)CC[C@@H]1Nc1cc(F)c(S(=O)(=O)Cc2ccncn2)cc1Cl. The number of sulfone groups is 1. The largest absolute Gasteiger partial charge is 0.393 e. The Hall–Kier alpha value is -2.76. The lowest BCUT2D eigenvalue weighted by Crippen LogP contribution is -2.47. The average Bonchev–Trinajstić information content (AvgIpc) is 2.85. The van der Waals surface area contributed by atoms with Crippen LogP contribution in [0.4, 0.5) is 23.2 Å². The van der Waals surface area contributed by atoms with Crippen molar-refractivity contribution in [2.75, 3.05) is 19.4 Å². The van der Waals surface area contributed by atoms with Gasteiger partial charge in [-0.15, -0.1) is 0 Å². The molecule has 210 valence electrons. The third kappa shape index (κ3) is 7.46. The Morgan fingerprint density at radius 3 is 2.56 bits per heavy atom. The summed E-state index contributed by atoms with van der Waals surface area (Å²) in [7, 11) is -0.231. The van der Waals surface area contributed by atoms with Crippen molar-refractivity contribution in [1.29, 1.82) is 0 Å². The number of nitrogens with one attached hydrogen (secondary N) is 1. The molecular formula is C27H29ClF4N4O2S. The zero-order chi connectivity index (χ0) is 28.4. The molecule has 3 atom stereocenters. The molecule has 1 aliphatic rings. The first-order valence-electron chi connectivity index (χ1n) is 12.4. The fourth-order valence-corrected chi connectivity index (χ4v) is 6.78. The molecule has 6 nitrogen and oxygen atoms in total. The Labute approximate surface area is 230 Å². The van der Waals surface area contributed by atoms with E-state index in [0.29, 0.717) is 19.3 Å². The van der Waals surface area contributed by atoms with Gasteiger partial charge in [-0.25, -0.2) is 22.8 Å². The van der Waals surface area contributed by atoms with E-state index >= 15 is 4.39 Å². The smallest absolute Gasteiger partial charge is 0.379 e. The van der Waals surface area contributed by atoms with Crippen LogP contribution in [0.3, 0.4) is 0 Å². The normalized spacial score (nSPS) is 20.3. The molecule has 12 heteroatoms. The Bertz CT molecular complexity index is 1400. The van der Waals surface area contributed by atoms with Crippen LogP contribution < -0.4 is 5.32 Å². The molecule has 0 bridgehead atoms. The number of alkyl halides is 3. The number of likely N-dealkylation sites (N-methyl/N-ethyl adjacent to an activating group) is 1. The molecule has 1 aromatic heterocycles. The van der Waals surface area contributed by atoms with Crippen LogP contribution in [0.25, 0.3) is 0 Å². The monoisotopic (exact) mass is 584 g/mol. The topological polar surface area (TPSA) is 75.2 Å². The number of aromatic nitrogens is 2. The first-order chi connectivity index (χ1) is 18.3. The predicted molar refractivity (Wildman–Crippen MR) is 142 cm³/mol. The number of benzene rings is 2. The highest BCUT2D eigenvalue weighted by atomic mass is 35.5. The van der Waals surface area contributed by atoms with Gasteiger partial charge < -0.3 is 10.2 Å². The molecular weight excluding hydrogens is 556 g/mol. The maximum absolute atomic E-state index is 15.1. The van der Waals surface area contributed by atoms with E-state index < -0.39 is 38.9 Å². The van der Waals surface area contributed by atoms with E-state index in [2.05, 4.69) is 15.3 Å². The summed E-state index contributed by atoms with van der Waals surface area (Å²) in [6, 6.07) is 10.1. The van der Waals surface area contributed by atoms with Crippen molar-refractivity contribution in [2.45, 2.75) is 60.5 Å². The lowest BCUT2D eigenvalue weighted by molar-refractivity contribution is -0.127. The zero-order valence-electron chi connectivity index (χ0n) is 21.4. The summed E-state index contributed by atoms with van der Waals surface area (Å²) >= 11 is 6.43. The van der Waals surface area contributed by atoms with Crippen LogP contribution in [-0.2, 0) is 22.0 Å². The van der Waals surface area contributed by atoms with Gasteiger partial charge in [0.2, 0.25) is 0 Å². The van der Waals surface area contributed by atoms with E-state index in [1.807, 2.05) is 25.1 Å². The summed E-state index contributed by atoms with van der Waals surface area (Å²) in [5.74, 6) is -1.36. The van der Waals surface area contributed by atoms with E-state index in [0.717, 1.165) is 17.7 Å². The lowest BCUT2D eigenvalue weighted by atomic mass is 9.77. The number of halogens is 5. The van der Waals surface area contributed by atoms with Crippen LogP contribution in [-0.4, -0.2) is 55.6 Å². The van der Waals surface area contributed by atoms with Crippen molar-refractivity contribution < 1.29 is 26.0 Å². The Balaban J connectivity index is 1.50. The minimum atomic E-state index is -4.27. The highest BCUT2D eigenvalue weighted by Gasteiger charge is 2.34. The van der Waals surface area contributed by atoms with E-state index in [-0.39, 0.29) is 40.0 Å². The van der Waals surface area contributed by atoms with E-state index in [9.17, 15) is 21.6 Å². The quantitative estimate of drug-likeness (QED) is 0.326. The molecule has 4 rings (SSSR count). The maximum atomic E-state index is 15.1. The first-order valence-corrected chi connectivity index (χ1v) is 14.4. The Morgan fingerprint density at radius 2 is 1.90 bits per heavy atom. The van der Waals surface area contributed by atoms with Crippen molar-refractivity contribution in [3.8, 4) is 0 Å². The molecule has 0 radical (unpaired) electrons. The first kappa shape index (κ1) is 29.2. The molecule has 0 aliphatic heterocycles. The molecule has 3 aromatic rings. The van der Waals surface area contributed by atoms with Crippen molar-refractivity contribution in [3.63, 3.8) is 0 Å². The van der Waals surface area contributed by atoms with Gasteiger partial charge in [-0.3, -0.25) is 0 Å². The van der Waals surface area contributed by atoms with Gasteiger partial charge in [-0.05, 0) is 68.6 Å². The minimum absolute atomic E-state index is 0.0321. The van der Waals surface area contributed by atoms with E-state index in [4.69, 9.17) is 11.6 Å². The number of hydrogen-bond acceptors (Lipinski definition) is 6. The third-order valence-electron chi connectivity index (χ3n) is 6.99. The molecule has 1 heterocycles. The summed E-state index contributed by atoms with van der Waals surface area (Å²) in [5, 5.41) is 3.35. The fraction of sp³-hybridized carbons (Fsp3) is 0.407. The van der Waals surface area contributed by atoms with Crippen LogP contribution >= 0.6 is 11.6 Å². The highest BCUT2D eigenvalue weighted by Crippen LogP contribution is 2.38. The van der Waals surface area contributed by atoms with Crippen molar-refractivity contribution in [1.82, 2.24) is 14.9 Å². The van der Waals surface area contributed by atoms with Crippen LogP contribution in [0.15, 0.2) is 59.9 Å². The van der Waals surface area contributed by atoms with Crippen molar-refractivity contribution in [2.24, 2.45) is 0 Å². The van der Waals surface area contributed by atoms with Gasteiger partial charge in [-0.2, -0.15) is 13.2 Å². The van der Waals surface area contributed by atoms with Crippen LogP contribution in [0, 0.1) is 5.82 Å². The molecule has 2 aromatic carbocycles. The molecule has 0 unspecified atom stereocenters. The molecule has 1 N–H and O–H groups in total. The van der Waals surface area contributed by atoms with Gasteiger partial charge in [-0.1, -0.05) is 35.9 Å². The van der Waals surface area contributed by atoms with E-state index in [1.165, 1.54) is 24.7 Å². The second-order valence-corrected chi connectivity index (χ2v) is 12.4. The second-order valence-electron chi connectivity index (χ2n) is 10.1. The molecule has 1 fully saturated rings. The molecule has 0 spiro atoms. The number of hydrogen-bond donors (Lipinski definition) is 1. The summed E-state index contributed by atoms with van der Waals surface area (Å²) in [6.07, 6.45) is -0.577. The molecule has 0 saturated heterocycles. The summed E-state index contributed by atoms with van der Waals surface area (Å²) in [6.45, 7) is 0. The van der Waals surface area contributed by atoms with Gasteiger partial charge in [0, 0.05) is 18.3 Å². The van der Waals surface area contributed by atoms with Crippen LogP contribution in [0.5, 0.6) is 0 Å². The Morgan fingerprint density at radius 1 is 1.13 bits per heavy atom. The number of rotatable bonds is 8. The molecule has 1 saturated carbocycles. The summed E-state index contributed by atoms with van der Waals surface area (Å²) in [4.78, 5) is 9.16. The number of nitrogens with zero attached hydrogens (tertiary/aromatic N) is 3. The van der Waals surface area contributed by atoms with Gasteiger partial charge in [0.1, 0.15) is 17.0 Å². The van der Waals surface area contributed by atoms with Gasteiger partial charge in [0.15, 0.2) is 9.84 Å². The van der Waals surface area contributed by atoms with Crippen molar-refractivity contribution >= 4 is 27.1 Å². The standard InChI is InChI=1S/C27H29ClF4N4O2S/c1-36(2)25-11-19(18-5-3-4-17(10-18)14-27(30,31)32)6-7-23(25)35-24-13-22(29)26(12-21(24)28)39(37,38)15-20-8-9-33-16-34-20/h3-5,8-10,12-13,16,19,23,25,35H,6-7,11,14-15H2,1-2H3/t19-,23-,25-/m0/s1. The second kappa shape index (κ2) is 11.8. The predicted octanol–water partition coefficient (Wildman–Crippen LogP) is 6.03. The molecule has 39 heavy (non-hydrogen) atoms. The van der Waals surface area contributed by atoms with E-state index in [1.54, 1.807) is 12.1 Å². The molecule has 0 amide bonds. The highest BCUT2D eigenvalue weighted by molar-refractivity contribution is 7.90. The summed E-state index contributed by atoms with van der Waals surface area (Å²) in [5.41, 5.74) is 1.61. The minimum Gasteiger partial charge on any atom is -0.379 e. The number of anilines is 1. The fourth-order valence-electron chi connectivity index (χ4n) is 5.13. The van der Waals surface area contributed by atoms with Gasteiger partial charge in [0.05, 0.1) is 28.6 Å². The van der Waals surface area contributed by atoms with Crippen LogP contribution in [0.2, 0.25) is 5.02 Å². The average molecular weight is 585 g/mol. The van der Waals surface area contributed by atoms with Crippen LogP contribution in [0.1, 0.15) is 42.0 Å². The zero-order valence-corrected chi connectivity index (χ0v) is 23.0. The lowest BCUT2D eigenvalue weighted by Gasteiger charge is -2.41. The maximum Gasteiger partial charge on any atom is 0.393 e. The van der Waals surface area contributed by atoms with Crippen molar-refractivity contribution in [3.05, 3.63) is 82.6 Å². The van der Waals surface area contributed by atoms with Gasteiger partial charge >= 0.3 is 6.18 Å². The Kier molecular flexibility index (Phi) is 8.82. The van der Waals surface area contributed by atoms with Gasteiger partial charge in [0.25, 0.3) is 0 Å². The third-order valence-corrected chi connectivity index (χ3v) is 8.96.